The Morgan fingerprint density at radius 2 is 1.90 bits per heavy atom. The Kier molecular flexibility index (Phi) is 4.40. The molecule has 1 N–H and O–H groups in total. The lowest BCUT2D eigenvalue weighted by Crippen LogP contribution is -2.08. The molecule has 0 aliphatic rings. The van der Waals surface area contributed by atoms with E-state index < -0.39 is 0 Å². The molecule has 0 aliphatic heterocycles. The highest BCUT2D eigenvalue weighted by atomic mass is 79.9. The van der Waals surface area contributed by atoms with Crippen molar-refractivity contribution in [1.29, 1.82) is 10.5 Å². The summed E-state index contributed by atoms with van der Waals surface area (Å²) >= 11 is 3.35. The second-order valence-corrected chi connectivity index (χ2v) is 5.32. The molecular weight excluding hydrogens is 314 g/mol. The number of nitrogens with one attached hydrogen (secondary N) is 1. The molecule has 0 aliphatic carbocycles. The number of hydrogen-bond acceptors (Lipinski definition) is 3. The summed E-state index contributed by atoms with van der Waals surface area (Å²) in [5.74, 6) is 0. The first-order valence-corrected chi connectivity index (χ1v) is 6.89. The largest absolute Gasteiger partial charge is 0.377 e. The molecule has 20 heavy (non-hydrogen) atoms. The van der Waals surface area contributed by atoms with Gasteiger partial charge in [0.15, 0.2) is 0 Å². The minimum atomic E-state index is 0.0107. The van der Waals surface area contributed by atoms with Crippen molar-refractivity contribution in [2.75, 3.05) is 5.32 Å². The van der Waals surface area contributed by atoms with E-state index in [4.69, 9.17) is 10.5 Å². The van der Waals surface area contributed by atoms with Crippen LogP contribution in [0.5, 0.6) is 0 Å². The molecule has 1 unspecified atom stereocenters. The highest BCUT2D eigenvalue weighted by Crippen LogP contribution is 2.25. The quantitative estimate of drug-likeness (QED) is 0.911. The number of nitriles is 2. The predicted octanol–water partition coefficient (Wildman–Crippen LogP) is 4.37. The molecule has 0 aromatic heterocycles. The molecule has 0 saturated heterocycles. The molecule has 3 nitrogen and oxygen atoms in total. The van der Waals surface area contributed by atoms with Crippen LogP contribution in [0.4, 0.5) is 5.69 Å². The molecule has 4 heteroatoms. The van der Waals surface area contributed by atoms with E-state index in [9.17, 15) is 0 Å². The summed E-state index contributed by atoms with van der Waals surface area (Å²) < 4.78 is 0.874. The van der Waals surface area contributed by atoms with Crippen LogP contribution in [0, 0.1) is 22.7 Å². The van der Waals surface area contributed by atoms with E-state index in [1.165, 1.54) is 0 Å². The maximum atomic E-state index is 9.15. The van der Waals surface area contributed by atoms with Gasteiger partial charge in [0.2, 0.25) is 0 Å². The van der Waals surface area contributed by atoms with Crippen LogP contribution in [-0.4, -0.2) is 0 Å². The van der Waals surface area contributed by atoms with E-state index in [2.05, 4.69) is 33.4 Å². The molecule has 0 saturated carbocycles. The van der Waals surface area contributed by atoms with E-state index in [0.717, 1.165) is 15.7 Å². The third-order valence-corrected chi connectivity index (χ3v) is 3.48. The van der Waals surface area contributed by atoms with Gasteiger partial charge in [0.1, 0.15) is 6.07 Å². The van der Waals surface area contributed by atoms with Crippen LogP contribution in [0.25, 0.3) is 0 Å². The summed E-state index contributed by atoms with van der Waals surface area (Å²) in [6, 6.07) is 17.3. The molecule has 1 atom stereocenters. The smallest absolute Gasteiger partial charge is 0.101 e. The van der Waals surface area contributed by atoms with Crippen molar-refractivity contribution in [2.24, 2.45) is 0 Å². The Morgan fingerprint density at radius 3 is 2.60 bits per heavy atom. The first-order valence-electron chi connectivity index (χ1n) is 6.10. The molecule has 0 amide bonds. The first-order chi connectivity index (χ1) is 9.63. The zero-order valence-electron chi connectivity index (χ0n) is 10.9. The molecule has 2 aromatic rings. The standard InChI is InChI=1S/C16H12BrN3/c1-11(13-4-2-3-12(7-13)9-18)20-16-6-5-15(17)8-14(16)10-19/h2-8,11,20H,1H3. The second kappa shape index (κ2) is 6.23. The third kappa shape index (κ3) is 3.17. The summed E-state index contributed by atoms with van der Waals surface area (Å²) in [7, 11) is 0. The van der Waals surface area contributed by atoms with Crippen molar-refractivity contribution in [3.63, 3.8) is 0 Å². The van der Waals surface area contributed by atoms with Crippen molar-refractivity contribution in [2.45, 2.75) is 13.0 Å². The van der Waals surface area contributed by atoms with Gasteiger partial charge >= 0.3 is 0 Å². The highest BCUT2D eigenvalue weighted by Gasteiger charge is 2.09. The van der Waals surface area contributed by atoms with Crippen molar-refractivity contribution in [1.82, 2.24) is 0 Å². The van der Waals surface area contributed by atoms with Crippen LogP contribution in [-0.2, 0) is 0 Å². The van der Waals surface area contributed by atoms with Crippen LogP contribution in [0.3, 0.4) is 0 Å². The van der Waals surface area contributed by atoms with E-state index >= 15 is 0 Å². The Balaban J connectivity index is 2.26. The van der Waals surface area contributed by atoms with Crippen molar-refractivity contribution in [3.8, 4) is 12.1 Å². The van der Waals surface area contributed by atoms with Gasteiger partial charge in [-0.3, -0.25) is 0 Å². The number of benzene rings is 2. The molecule has 2 aromatic carbocycles. The van der Waals surface area contributed by atoms with Crippen LogP contribution in [0.2, 0.25) is 0 Å². The SMILES string of the molecule is CC(Nc1ccc(Br)cc1C#N)c1cccc(C#N)c1. The van der Waals surface area contributed by atoms with Crippen molar-refractivity contribution >= 4 is 21.6 Å². The van der Waals surface area contributed by atoms with Crippen molar-refractivity contribution < 1.29 is 0 Å². The lowest BCUT2D eigenvalue weighted by molar-refractivity contribution is 0.883. The average molecular weight is 326 g/mol. The topological polar surface area (TPSA) is 59.6 Å². The van der Waals surface area contributed by atoms with Gasteiger partial charge in [-0.05, 0) is 42.8 Å². The van der Waals surface area contributed by atoms with Gasteiger partial charge in [-0.25, -0.2) is 0 Å². The highest BCUT2D eigenvalue weighted by molar-refractivity contribution is 9.10. The average Bonchev–Trinajstić information content (AvgIpc) is 2.49. The fourth-order valence-electron chi connectivity index (χ4n) is 1.93. The molecule has 0 radical (unpaired) electrons. The maximum absolute atomic E-state index is 9.15. The number of anilines is 1. The predicted molar refractivity (Wildman–Crippen MR) is 82.1 cm³/mol. The Morgan fingerprint density at radius 1 is 1.10 bits per heavy atom. The molecule has 0 fully saturated rings. The van der Waals surface area contributed by atoms with Gasteiger partial charge in [0.25, 0.3) is 0 Å². The van der Waals surface area contributed by atoms with Gasteiger partial charge in [0.05, 0.1) is 22.9 Å². The van der Waals surface area contributed by atoms with E-state index in [-0.39, 0.29) is 6.04 Å². The Bertz CT molecular complexity index is 710. The fourth-order valence-corrected chi connectivity index (χ4v) is 2.29. The Hall–Kier alpha value is -2.30. The van der Waals surface area contributed by atoms with E-state index in [1.54, 1.807) is 12.1 Å². The summed E-state index contributed by atoms with van der Waals surface area (Å²) in [5.41, 5.74) is 3.01. The van der Waals surface area contributed by atoms with E-state index in [1.807, 2.05) is 37.3 Å². The van der Waals surface area contributed by atoms with Crippen LogP contribution >= 0.6 is 15.9 Å². The molecular formula is C16H12BrN3. The zero-order chi connectivity index (χ0) is 14.5. The molecule has 2 rings (SSSR count). The van der Waals surface area contributed by atoms with Crippen LogP contribution in [0.15, 0.2) is 46.9 Å². The number of halogens is 1. The molecule has 0 heterocycles. The van der Waals surface area contributed by atoms with Crippen LogP contribution < -0.4 is 5.32 Å². The number of rotatable bonds is 3. The second-order valence-electron chi connectivity index (χ2n) is 4.41. The van der Waals surface area contributed by atoms with Gasteiger partial charge in [-0.1, -0.05) is 28.1 Å². The van der Waals surface area contributed by atoms with Crippen molar-refractivity contribution in [3.05, 3.63) is 63.6 Å². The summed E-state index contributed by atoms with van der Waals surface area (Å²) in [6.45, 7) is 2.00. The van der Waals surface area contributed by atoms with Gasteiger partial charge in [-0.2, -0.15) is 10.5 Å². The Labute approximate surface area is 126 Å². The van der Waals surface area contributed by atoms with Gasteiger partial charge in [-0.15, -0.1) is 0 Å². The van der Waals surface area contributed by atoms with E-state index in [0.29, 0.717) is 11.1 Å². The summed E-state index contributed by atoms with van der Waals surface area (Å²) in [4.78, 5) is 0. The lowest BCUT2D eigenvalue weighted by atomic mass is 10.0. The first kappa shape index (κ1) is 14.1. The maximum Gasteiger partial charge on any atom is 0.101 e. The zero-order valence-corrected chi connectivity index (χ0v) is 12.5. The minimum Gasteiger partial charge on any atom is -0.377 e. The molecule has 98 valence electrons. The van der Waals surface area contributed by atoms with Gasteiger partial charge in [0, 0.05) is 10.5 Å². The normalized spacial score (nSPS) is 11.2. The minimum absolute atomic E-state index is 0.0107. The lowest BCUT2D eigenvalue weighted by Gasteiger charge is -2.17. The fraction of sp³-hybridized carbons (Fsp3) is 0.125. The molecule has 0 bridgehead atoms. The summed E-state index contributed by atoms with van der Waals surface area (Å²) in [5, 5.41) is 21.4. The molecule has 0 spiro atoms. The number of hydrogen-bond donors (Lipinski definition) is 1. The van der Waals surface area contributed by atoms with Crippen LogP contribution in [0.1, 0.15) is 29.7 Å². The van der Waals surface area contributed by atoms with Gasteiger partial charge < -0.3 is 5.32 Å². The monoisotopic (exact) mass is 325 g/mol. The number of nitrogens with zero attached hydrogens (tertiary/aromatic N) is 2. The third-order valence-electron chi connectivity index (χ3n) is 2.99. The summed E-state index contributed by atoms with van der Waals surface area (Å²) in [6.07, 6.45) is 0.